The topological polar surface area (TPSA) is 0 Å². The zero-order valence-corrected chi connectivity index (χ0v) is 7.54. The Bertz CT molecular complexity index is 180. The number of rotatable bonds is 3. The Hall–Kier alpha value is -0.880. The van der Waals surface area contributed by atoms with Crippen molar-refractivity contribution < 1.29 is 0 Å². The van der Waals surface area contributed by atoms with Crippen LogP contribution < -0.4 is 0 Å². The Balaban J connectivity index is 3.26. The van der Waals surface area contributed by atoms with Crippen molar-refractivity contribution in [3.05, 3.63) is 0 Å². The second kappa shape index (κ2) is 9.12. The van der Waals surface area contributed by atoms with E-state index in [1.807, 2.05) is 6.92 Å². The first-order valence-corrected chi connectivity index (χ1v) is 4.37. The van der Waals surface area contributed by atoms with E-state index in [1.165, 1.54) is 19.3 Å². The summed E-state index contributed by atoms with van der Waals surface area (Å²) in [4.78, 5) is 0. The molecule has 0 rings (SSSR count). The summed E-state index contributed by atoms with van der Waals surface area (Å²) >= 11 is 0. The Morgan fingerprint density at radius 1 is 0.909 bits per heavy atom. The molecule has 0 saturated heterocycles. The van der Waals surface area contributed by atoms with Gasteiger partial charge in [-0.25, -0.2) is 0 Å². The summed E-state index contributed by atoms with van der Waals surface area (Å²) < 4.78 is 0. The molecule has 0 aromatic rings. The molecule has 0 saturated carbocycles. The molecule has 0 heteroatoms. The third-order valence-corrected chi connectivity index (χ3v) is 1.32. The summed E-state index contributed by atoms with van der Waals surface area (Å²) in [7, 11) is 0. The van der Waals surface area contributed by atoms with E-state index in [0.717, 1.165) is 12.8 Å². The molecule has 0 aliphatic carbocycles. The lowest BCUT2D eigenvalue weighted by molar-refractivity contribution is 0.737. The van der Waals surface area contributed by atoms with Crippen LogP contribution in [-0.4, -0.2) is 0 Å². The van der Waals surface area contributed by atoms with Crippen molar-refractivity contribution in [2.24, 2.45) is 0 Å². The van der Waals surface area contributed by atoms with E-state index < -0.39 is 0 Å². The van der Waals surface area contributed by atoms with Gasteiger partial charge in [-0.15, -0.1) is 0 Å². The first kappa shape index (κ1) is 10.1. The number of hydrogen-bond acceptors (Lipinski definition) is 0. The van der Waals surface area contributed by atoms with Gasteiger partial charge >= 0.3 is 0 Å². The molecule has 0 aliphatic rings. The van der Waals surface area contributed by atoms with Gasteiger partial charge in [0, 0.05) is 12.8 Å². The van der Waals surface area contributed by atoms with Crippen LogP contribution in [0, 0.1) is 23.7 Å². The average molecular weight is 148 g/mol. The Morgan fingerprint density at radius 2 is 1.64 bits per heavy atom. The molecule has 0 N–H and O–H groups in total. The molecule has 0 fully saturated rings. The van der Waals surface area contributed by atoms with E-state index in [2.05, 4.69) is 30.6 Å². The molecular formula is C11H16. The molecule has 60 valence electrons. The normalized spacial score (nSPS) is 7.45. The van der Waals surface area contributed by atoms with Crippen LogP contribution >= 0.6 is 0 Å². The SMILES string of the molecule is CCC#CC#CCCCCC. The second-order valence-corrected chi connectivity index (χ2v) is 2.41. The minimum atomic E-state index is 0.906. The molecule has 0 aromatic heterocycles. The van der Waals surface area contributed by atoms with Crippen LogP contribution in [0.15, 0.2) is 0 Å². The standard InChI is InChI=1S/C11H16/c1-3-5-7-9-11-10-8-6-4-2/h3-5,7,9H2,1-2H3. The van der Waals surface area contributed by atoms with Crippen LogP contribution in [0.4, 0.5) is 0 Å². The molecule has 11 heavy (non-hydrogen) atoms. The molecule has 0 aromatic carbocycles. The van der Waals surface area contributed by atoms with Crippen molar-refractivity contribution in [2.45, 2.75) is 46.0 Å². The summed E-state index contributed by atoms with van der Waals surface area (Å²) in [5.41, 5.74) is 0. The smallest absolute Gasteiger partial charge is 0.00989 e. The minimum absolute atomic E-state index is 0.906. The molecule has 0 radical (unpaired) electrons. The van der Waals surface area contributed by atoms with Crippen LogP contribution in [0.5, 0.6) is 0 Å². The van der Waals surface area contributed by atoms with Gasteiger partial charge in [0.05, 0.1) is 0 Å². The molecule has 0 bridgehead atoms. The maximum absolute atomic E-state index is 3.03. The molecule has 0 unspecified atom stereocenters. The largest absolute Gasteiger partial charge is 0.0894 e. The van der Waals surface area contributed by atoms with E-state index in [4.69, 9.17) is 0 Å². The van der Waals surface area contributed by atoms with Gasteiger partial charge in [0.1, 0.15) is 0 Å². The lowest BCUT2D eigenvalue weighted by Gasteiger charge is -1.86. The highest BCUT2D eigenvalue weighted by Gasteiger charge is 1.79. The molecular weight excluding hydrogens is 132 g/mol. The van der Waals surface area contributed by atoms with Gasteiger partial charge in [0.15, 0.2) is 0 Å². The minimum Gasteiger partial charge on any atom is -0.0894 e. The number of hydrogen-bond donors (Lipinski definition) is 0. The zero-order valence-electron chi connectivity index (χ0n) is 7.54. The maximum Gasteiger partial charge on any atom is 0.00989 e. The monoisotopic (exact) mass is 148 g/mol. The van der Waals surface area contributed by atoms with E-state index in [0.29, 0.717) is 0 Å². The fourth-order valence-electron chi connectivity index (χ4n) is 0.703. The first-order valence-electron chi connectivity index (χ1n) is 4.37. The van der Waals surface area contributed by atoms with Crippen LogP contribution in [0.2, 0.25) is 0 Å². The highest BCUT2D eigenvalue weighted by atomic mass is 13.8. The molecule has 0 heterocycles. The first-order chi connectivity index (χ1) is 5.41. The molecule has 0 aliphatic heterocycles. The van der Waals surface area contributed by atoms with E-state index in [1.54, 1.807) is 0 Å². The van der Waals surface area contributed by atoms with Crippen LogP contribution in [0.1, 0.15) is 46.0 Å². The number of unbranched alkanes of at least 4 members (excludes halogenated alkanes) is 3. The van der Waals surface area contributed by atoms with Crippen LogP contribution in [-0.2, 0) is 0 Å². The van der Waals surface area contributed by atoms with Crippen molar-refractivity contribution in [2.75, 3.05) is 0 Å². The molecule has 0 atom stereocenters. The van der Waals surface area contributed by atoms with Gasteiger partial charge in [0.2, 0.25) is 0 Å². The predicted molar refractivity (Wildman–Crippen MR) is 50.0 cm³/mol. The van der Waals surface area contributed by atoms with Gasteiger partial charge in [0.25, 0.3) is 0 Å². The van der Waals surface area contributed by atoms with Crippen molar-refractivity contribution in [1.29, 1.82) is 0 Å². The molecule has 0 nitrogen and oxygen atoms in total. The summed E-state index contributed by atoms with van der Waals surface area (Å²) in [5.74, 6) is 11.6. The summed E-state index contributed by atoms with van der Waals surface area (Å²) in [6.45, 7) is 4.23. The highest BCUT2D eigenvalue weighted by Crippen LogP contribution is 1.96. The predicted octanol–water partition coefficient (Wildman–Crippen LogP) is 2.98. The molecule has 0 amide bonds. The quantitative estimate of drug-likeness (QED) is 0.426. The van der Waals surface area contributed by atoms with E-state index in [9.17, 15) is 0 Å². The molecule has 0 spiro atoms. The fourth-order valence-corrected chi connectivity index (χ4v) is 0.703. The Labute approximate surface area is 70.4 Å². The van der Waals surface area contributed by atoms with E-state index in [-0.39, 0.29) is 0 Å². The Kier molecular flexibility index (Phi) is 8.39. The van der Waals surface area contributed by atoms with Gasteiger partial charge in [-0.3, -0.25) is 0 Å². The van der Waals surface area contributed by atoms with Gasteiger partial charge in [-0.2, -0.15) is 0 Å². The third kappa shape index (κ3) is 9.12. The summed E-state index contributed by atoms with van der Waals surface area (Å²) in [6.07, 6.45) is 5.69. The van der Waals surface area contributed by atoms with Gasteiger partial charge in [-0.05, 0) is 18.3 Å². The van der Waals surface area contributed by atoms with Gasteiger partial charge in [-0.1, -0.05) is 38.5 Å². The lowest BCUT2D eigenvalue weighted by atomic mass is 10.2. The maximum atomic E-state index is 3.03. The van der Waals surface area contributed by atoms with Crippen molar-refractivity contribution >= 4 is 0 Å². The van der Waals surface area contributed by atoms with Crippen molar-refractivity contribution in [1.82, 2.24) is 0 Å². The van der Waals surface area contributed by atoms with Crippen LogP contribution in [0.25, 0.3) is 0 Å². The van der Waals surface area contributed by atoms with Gasteiger partial charge < -0.3 is 0 Å². The highest BCUT2D eigenvalue weighted by molar-refractivity contribution is 5.25. The third-order valence-electron chi connectivity index (χ3n) is 1.32. The fraction of sp³-hybridized carbons (Fsp3) is 0.636. The zero-order chi connectivity index (χ0) is 8.36. The second-order valence-electron chi connectivity index (χ2n) is 2.41. The van der Waals surface area contributed by atoms with Crippen molar-refractivity contribution in [3.8, 4) is 23.7 Å². The summed E-state index contributed by atoms with van der Waals surface area (Å²) in [5, 5.41) is 0. The van der Waals surface area contributed by atoms with Crippen molar-refractivity contribution in [3.63, 3.8) is 0 Å². The average Bonchev–Trinajstić information content (AvgIpc) is 2.03. The summed E-state index contributed by atoms with van der Waals surface area (Å²) in [6, 6.07) is 0. The lowest BCUT2D eigenvalue weighted by Crippen LogP contribution is -1.70. The van der Waals surface area contributed by atoms with Crippen LogP contribution in [0.3, 0.4) is 0 Å². The van der Waals surface area contributed by atoms with E-state index >= 15 is 0 Å². The Morgan fingerprint density at radius 3 is 2.27 bits per heavy atom.